The first-order valence-corrected chi connectivity index (χ1v) is 2.75. The van der Waals surface area contributed by atoms with Gasteiger partial charge in [-0.2, -0.15) is 0 Å². The predicted molar refractivity (Wildman–Crippen MR) is 30.7 cm³/mol. The molecule has 3 nitrogen and oxygen atoms in total. The van der Waals surface area contributed by atoms with Crippen LogP contribution in [0.25, 0.3) is 0 Å². The Kier molecular flexibility index (Phi) is 1.48. The van der Waals surface area contributed by atoms with Gasteiger partial charge >= 0.3 is 0 Å². The fraction of sp³-hybridized carbons (Fsp3) is 0.500. The van der Waals surface area contributed by atoms with Crippen molar-refractivity contribution >= 4 is 11.6 Å². The molecule has 0 N–H and O–H groups in total. The van der Waals surface area contributed by atoms with Crippen LogP contribution >= 0.6 is 11.6 Å². The number of aromatic nitrogens is 3. The third kappa shape index (κ3) is 0.980. The second-order valence-electron chi connectivity index (χ2n) is 1.37. The van der Waals surface area contributed by atoms with Gasteiger partial charge in [-0.25, -0.2) is 4.98 Å². The van der Waals surface area contributed by atoms with Gasteiger partial charge in [-0.05, 0) is 18.5 Å². The van der Waals surface area contributed by atoms with Crippen molar-refractivity contribution in [3.05, 3.63) is 11.6 Å². The van der Waals surface area contributed by atoms with Crippen molar-refractivity contribution in [1.29, 1.82) is 0 Å². The van der Waals surface area contributed by atoms with Gasteiger partial charge in [0.15, 0.2) is 0 Å². The number of aryl methyl sites for hydroxylation is 1. The Morgan fingerprint density at radius 1 is 1.88 bits per heavy atom. The van der Waals surface area contributed by atoms with Gasteiger partial charge in [0.05, 0.1) is 0 Å². The molecule has 1 aromatic heterocycles. The third-order valence-corrected chi connectivity index (χ3v) is 1.01. The molecule has 0 radical (unpaired) electrons. The summed E-state index contributed by atoms with van der Waals surface area (Å²) in [4.78, 5) is 3.70. The van der Waals surface area contributed by atoms with Gasteiger partial charge in [0, 0.05) is 6.54 Å². The molecule has 0 saturated heterocycles. The van der Waals surface area contributed by atoms with Crippen molar-refractivity contribution in [2.45, 2.75) is 13.5 Å². The molecular formula is C4H6ClN3. The highest BCUT2D eigenvalue weighted by molar-refractivity contribution is 6.28. The molecule has 0 spiro atoms. The molecule has 0 aliphatic rings. The number of rotatable bonds is 1. The van der Waals surface area contributed by atoms with Crippen LogP contribution in [0.1, 0.15) is 6.92 Å². The molecule has 4 heteroatoms. The molecule has 1 aromatic rings. The Morgan fingerprint density at radius 2 is 2.62 bits per heavy atom. The van der Waals surface area contributed by atoms with E-state index in [-0.39, 0.29) is 0 Å². The maximum Gasteiger partial charge on any atom is 0.242 e. The van der Waals surface area contributed by atoms with Crippen LogP contribution in [-0.2, 0) is 6.54 Å². The van der Waals surface area contributed by atoms with Gasteiger partial charge in [0.25, 0.3) is 0 Å². The zero-order chi connectivity index (χ0) is 5.98. The number of hydrogen-bond acceptors (Lipinski definition) is 2. The highest BCUT2D eigenvalue weighted by Crippen LogP contribution is 1.95. The Labute approximate surface area is 52.3 Å². The maximum absolute atomic E-state index is 5.40. The molecule has 0 bridgehead atoms. The summed E-state index contributed by atoms with van der Waals surface area (Å²) in [5, 5.41) is 4.11. The Morgan fingerprint density at radius 3 is 2.88 bits per heavy atom. The fourth-order valence-electron chi connectivity index (χ4n) is 0.424. The van der Waals surface area contributed by atoms with Gasteiger partial charge < -0.3 is 0 Å². The molecule has 0 unspecified atom stereocenters. The van der Waals surface area contributed by atoms with E-state index >= 15 is 0 Å². The van der Waals surface area contributed by atoms with E-state index in [4.69, 9.17) is 11.6 Å². The third-order valence-electron chi connectivity index (χ3n) is 0.833. The first kappa shape index (κ1) is 5.56. The molecule has 44 valence electrons. The number of hydrogen-bond donors (Lipinski definition) is 0. The lowest BCUT2D eigenvalue weighted by molar-refractivity contribution is 0.658. The number of halogens is 1. The van der Waals surface area contributed by atoms with Crippen LogP contribution in [0.3, 0.4) is 0 Å². The van der Waals surface area contributed by atoms with Crippen molar-refractivity contribution in [3.63, 3.8) is 0 Å². The minimum absolute atomic E-state index is 0.312. The van der Waals surface area contributed by atoms with Crippen LogP contribution in [-0.4, -0.2) is 14.8 Å². The van der Waals surface area contributed by atoms with E-state index in [9.17, 15) is 0 Å². The summed E-state index contributed by atoms with van der Waals surface area (Å²) in [5.41, 5.74) is 0. The highest BCUT2D eigenvalue weighted by atomic mass is 35.5. The molecule has 0 aromatic carbocycles. The Balaban J connectivity index is 2.84. The minimum atomic E-state index is 0.312. The molecule has 0 amide bonds. The van der Waals surface area contributed by atoms with Crippen molar-refractivity contribution in [2.75, 3.05) is 0 Å². The van der Waals surface area contributed by atoms with Gasteiger partial charge in [-0.1, -0.05) is 0 Å². The summed E-state index contributed by atoms with van der Waals surface area (Å²) in [5.74, 6) is 0. The lowest BCUT2D eigenvalue weighted by atomic mass is 10.8. The quantitative estimate of drug-likeness (QED) is 0.568. The fourth-order valence-corrected chi connectivity index (χ4v) is 0.565. The van der Waals surface area contributed by atoms with E-state index in [0.29, 0.717) is 5.28 Å². The molecule has 1 rings (SSSR count). The largest absolute Gasteiger partial charge is 0.252 e. The van der Waals surface area contributed by atoms with E-state index < -0.39 is 0 Å². The average molecular weight is 132 g/mol. The predicted octanol–water partition coefficient (Wildman–Crippen LogP) is 0.951. The Bertz CT molecular complexity index is 172. The van der Waals surface area contributed by atoms with Crippen LogP contribution in [0.15, 0.2) is 6.33 Å². The van der Waals surface area contributed by atoms with Crippen LogP contribution in [0.5, 0.6) is 0 Å². The van der Waals surface area contributed by atoms with Gasteiger partial charge in [-0.3, -0.25) is 4.68 Å². The number of nitrogens with zero attached hydrogens (tertiary/aromatic N) is 3. The van der Waals surface area contributed by atoms with E-state index in [1.807, 2.05) is 6.92 Å². The van der Waals surface area contributed by atoms with E-state index in [0.717, 1.165) is 6.54 Å². The van der Waals surface area contributed by atoms with E-state index in [1.54, 1.807) is 11.0 Å². The zero-order valence-electron chi connectivity index (χ0n) is 4.50. The van der Waals surface area contributed by atoms with Gasteiger partial charge in [0.1, 0.15) is 6.33 Å². The highest BCUT2D eigenvalue weighted by Gasteiger charge is 1.90. The normalized spacial score (nSPS) is 9.75. The molecule has 8 heavy (non-hydrogen) atoms. The lowest BCUT2D eigenvalue weighted by Gasteiger charge is -1.86. The standard InChI is InChI=1S/C4H6ClN3/c1-2-8-3-6-4(5)7-8/h3H,2H2,1H3. The van der Waals surface area contributed by atoms with E-state index in [2.05, 4.69) is 10.1 Å². The summed E-state index contributed by atoms with van der Waals surface area (Å²) >= 11 is 5.40. The van der Waals surface area contributed by atoms with Crippen LogP contribution in [0.2, 0.25) is 5.28 Å². The summed E-state index contributed by atoms with van der Waals surface area (Å²) in [6.07, 6.45) is 1.60. The van der Waals surface area contributed by atoms with Crippen molar-refractivity contribution in [3.8, 4) is 0 Å². The topological polar surface area (TPSA) is 30.7 Å². The molecule has 0 saturated carbocycles. The summed E-state index contributed by atoms with van der Waals surface area (Å²) in [7, 11) is 0. The molecule has 0 aliphatic heterocycles. The van der Waals surface area contributed by atoms with Gasteiger partial charge in [0.2, 0.25) is 5.28 Å². The molecule has 1 heterocycles. The SMILES string of the molecule is CCn1cnc(Cl)n1. The first-order chi connectivity index (χ1) is 3.83. The summed E-state index contributed by atoms with van der Waals surface area (Å²) in [6, 6.07) is 0. The smallest absolute Gasteiger partial charge is 0.242 e. The zero-order valence-corrected chi connectivity index (χ0v) is 5.26. The molecular weight excluding hydrogens is 126 g/mol. The lowest BCUT2D eigenvalue weighted by Crippen LogP contribution is -1.92. The van der Waals surface area contributed by atoms with Gasteiger partial charge in [-0.15, -0.1) is 5.10 Å². The molecule has 0 atom stereocenters. The van der Waals surface area contributed by atoms with Crippen LogP contribution < -0.4 is 0 Å². The average Bonchev–Trinajstić information content (AvgIpc) is 2.14. The molecule has 0 aliphatic carbocycles. The van der Waals surface area contributed by atoms with Crippen molar-refractivity contribution in [2.24, 2.45) is 0 Å². The van der Waals surface area contributed by atoms with Crippen molar-refractivity contribution in [1.82, 2.24) is 14.8 Å². The summed E-state index contributed by atoms with van der Waals surface area (Å²) < 4.78 is 1.67. The minimum Gasteiger partial charge on any atom is -0.252 e. The van der Waals surface area contributed by atoms with E-state index in [1.165, 1.54) is 0 Å². The monoisotopic (exact) mass is 131 g/mol. The second kappa shape index (κ2) is 2.13. The molecule has 0 fully saturated rings. The maximum atomic E-state index is 5.40. The summed E-state index contributed by atoms with van der Waals surface area (Å²) in [6.45, 7) is 2.80. The van der Waals surface area contributed by atoms with Crippen molar-refractivity contribution < 1.29 is 0 Å². The second-order valence-corrected chi connectivity index (χ2v) is 1.71. The van der Waals surface area contributed by atoms with Crippen LogP contribution in [0, 0.1) is 0 Å². The van der Waals surface area contributed by atoms with Crippen LogP contribution in [0.4, 0.5) is 0 Å². The first-order valence-electron chi connectivity index (χ1n) is 2.38. The Hall–Kier alpha value is -0.570.